The number of carboxylic acids is 5. The van der Waals surface area contributed by atoms with E-state index in [-0.39, 0.29) is 106 Å². The second-order valence-electron chi connectivity index (χ2n) is 17.0. The molecule has 11 N–H and O–H groups in total. The Hall–Kier alpha value is -7.05. The topological polar surface area (TPSA) is 407 Å². The number of carboxylic acid groups (broad SMARTS) is 5. The Kier molecular flexibility index (Phi) is 23.6. The summed E-state index contributed by atoms with van der Waals surface area (Å²) in [5.41, 5.74) is 9.25. The van der Waals surface area contributed by atoms with Crippen LogP contribution in [0.5, 0.6) is 0 Å². The number of carbonyl (C=O) groups excluding carboxylic acids is 5. The molecular weight excluding hydrogens is 913 g/mol. The highest BCUT2D eigenvalue weighted by molar-refractivity contribution is 5.95. The average molecular weight is 975 g/mol. The molecule has 0 radical (unpaired) electrons. The number of benzene rings is 1. The highest BCUT2D eigenvalue weighted by Gasteiger charge is 2.32. The van der Waals surface area contributed by atoms with Crippen LogP contribution in [0.3, 0.4) is 0 Å². The van der Waals surface area contributed by atoms with Crippen molar-refractivity contribution in [1.29, 1.82) is 0 Å². The monoisotopic (exact) mass is 974 g/mol. The molecule has 69 heavy (non-hydrogen) atoms. The molecule has 380 valence electrons. The fourth-order valence-electron chi connectivity index (χ4n) is 8.10. The summed E-state index contributed by atoms with van der Waals surface area (Å²) in [5.74, 6) is -8.69. The van der Waals surface area contributed by atoms with Gasteiger partial charge in [-0.2, -0.15) is 0 Å². The van der Waals surface area contributed by atoms with Crippen LogP contribution < -0.4 is 26.6 Å². The maximum absolute atomic E-state index is 13.5. The lowest BCUT2D eigenvalue weighted by molar-refractivity contribution is -0.143. The predicted octanol–water partition coefficient (Wildman–Crippen LogP) is 1.000. The summed E-state index contributed by atoms with van der Waals surface area (Å²) in [6, 6.07) is -1.22. The number of hydrogen-bond donors (Lipinski definition) is 11. The first-order valence-corrected chi connectivity index (χ1v) is 22.6. The fourth-order valence-corrected chi connectivity index (χ4v) is 8.10. The predicted molar refractivity (Wildman–Crippen MR) is 240 cm³/mol. The van der Waals surface area contributed by atoms with E-state index in [0.29, 0.717) is 38.8 Å². The highest BCUT2D eigenvalue weighted by Crippen LogP contribution is 2.25. The molecule has 26 nitrogen and oxygen atoms in total. The number of azide groups is 1. The third kappa shape index (κ3) is 20.4. The van der Waals surface area contributed by atoms with E-state index in [2.05, 4.69) is 36.6 Å². The minimum atomic E-state index is -1.56. The Bertz CT molecular complexity index is 2020. The van der Waals surface area contributed by atoms with Gasteiger partial charge >= 0.3 is 35.9 Å². The van der Waals surface area contributed by atoms with Gasteiger partial charge in [0.2, 0.25) is 17.7 Å². The molecule has 2 aliphatic heterocycles. The lowest BCUT2D eigenvalue weighted by Crippen LogP contribution is -2.52. The highest BCUT2D eigenvalue weighted by atomic mass is 16.4. The number of hydrogen-bond acceptors (Lipinski definition) is 13. The molecule has 1 unspecified atom stereocenters. The minimum absolute atomic E-state index is 0.00241. The number of likely N-dealkylation sites (tertiary alicyclic amines) is 2. The number of aliphatic hydroxyl groups is 1. The zero-order valence-corrected chi connectivity index (χ0v) is 38.0. The summed E-state index contributed by atoms with van der Waals surface area (Å²) >= 11 is 0. The molecule has 1 aromatic rings. The van der Waals surface area contributed by atoms with E-state index in [4.69, 9.17) is 15.7 Å². The Balaban J connectivity index is 1.55. The number of piperidine rings is 2. The first kappa shape index (κ1) is 56.3. The molecule has 5 atom stereocenters. The van der Waals surface area contributed by atoms with Crippen LogP contribution in [0, 0.1) is 11.8 Å². The van der Waals surface area contributed by atoms with Crippen molar-refractivity contribution in [2.45, 2.75) is 120 Å². The lowest BCUT2D eigenvalue weighted by Gasteiger charge is -2.34. The smallest absolute Gasteiger partial charge is 0.326 e. The zero-order chi connectivity index (χ0) is 51.0. The molecule has 0 aliphatic carbocycles. The van der Waals surface area contributed by atoms with Gasteiger partial charge in [0, 0.05) is 74.3 Å². The van der Waals surface area contributed by atoms with Crippen LogP contribution in [0.2, 0.25) is 0 Å². The number of nitrogens with one attached hydrogen (secondary N) is 5. The van der Waals surface area contributed by atoms with Crippen LogP contribution in [0.4, 0.5) is 10.5 Å². The van der Waals surface area contributed by atoms with Gasteiger partial charge in [-0.3, -0.25) is 34.1 Å². The van der Waals surface area contributed by atoms with E-state index in [0.717, 1.165) is 0 Å². The van der Waals surface area contributed by atoms with Crippen molar-refractivity contribution in [1.82, 2.24) is 36.4 Å². The van der Waals surface area contributed by atoms with Crippen molar-refractivity contribution in [3.05, 3.63) is 40.3 Å². The van der Waals surface area contributed by atoms with Crippen molar-refractivity contribution in [3.63, 3.8) is 0 Å². The van der Waals surface area contributed by atoms with E-state index < -0.39 is 97.3 Å². The van der Waals surface area contributed by atoms with Gasteiger partial charge in [-0.15, -0.1) is 0 Å². The van der Waals surface area contributed by atoms with Gasteiger partial charge < -0.3 is 61.7 Å². The first-order chi connectivity index (χ1) is 32.8. The SMILES string of the molecule is [N-]=[N+]=Nc1ccc(C(=O)NC(CCC(=O)N2CCC(C[C@H](NC(=O)CN[C@@H](CCCO)C(=O)O)C(=O)O)CC2)CCC(=O)N2CCC(C[C@H](NC(=O)N[C@@H](CCC(=O)O)C(=O)O)C(=O)O)CC2)cc1. The number of aliphatic hydroxyl groups excluding tert-OH is 1. The van der Waals surface area contributed by atoms with Gasteiger partial charge in [0.1, 0.15) is 24.2 Å². The molecular formula is C43H62N10O16. The minimum Gasteiger partial charge on any atom is -0.481 e. The summed E-state index contributed by atoms with van der Waals surface area (Å²) in [7, 11) is 0. The van der Waals surface area contributed by atoms with Gasteiger partial charge in [-0.25, -0.2) is 19.2 Å². The molecule has 0 bridgehead atoms. The molecule has 3 rings (SSSR count). The number of rotatable bonds is 29. The molecule has 26 heteroatoms. The van der Waals surface area contributed by atoms with E-state index >= 15 is 0 Å². The normalized spacial score (nSPS) is 16.3. The van der Waals surface area contributed by atoms with Crippen LogP contribution in [0.1, 0.15) is 100 Å². The summed E-state index contributed by atoms with van der Waals surface area (Å²) in [4.78, 5) is 129. The van der Waals surface area contributed by atoms with Crippen LogP contribution >= 0.6 is 0 Å². The molecule has 0 spiro atoms. The van der Waals surface area contributed by atoms with E-state index in [1.165, 1.54) is 24.3 Å². The molecule has 0 aromatic heterocycles. The molecule has 2 saturated heterocycles. The van der Waals surface area contributed by atoms with Gasteiger partial charge in [0.25, 0.3) is 5.91 Å². The van der Waals surface area contributed by atoms with Crippen LogP contribution in [-0.2, 0) is 38.4 Å². The fraction of sp³-hybridized carbons (Fsp3) is 0.628. The van der Waals surface area contributed by atoms with Gasteiger partial charge in [0.15, 0.2) is 0 Å². The third-order valence-electron chi connectivity index (χ3n) is 12.1. The Labute approximate surface area is 396 Å². The van der Waals surface area contributed by atoms with Crippen LogP contribution in [0.15, 0.2) is 29.4 Å². The molecule has 0 saturated carbocycles. The Morgan fingerprint density at radius 1 is 0.623 bits per heavy atom. The number of aliphatic carboxylic acids is 5. The van der Waals surface area contributed by atoms with Crippen molar-refractivity contribution in [2.75, 3.05) is 39.3 Å². The lowest BCUT2D eigenvalue weighted by atomic mass is 9.89. The third-order valence-corrected chi connectivity index (χ3v) is 12.1. The molecule has 2 fully saturated rings. The number of nitrogens with zero attached hydrogens (tertiary/aromatic N) is 5. The number of carbonyl (C=O) groups is 10. The maximum Gasteiger partial charge on any atom is 0.326 e. The Morgan fingerprint density at radius 2 is 1.10 bits per heavy atom. The number of amides is 6. The second-order valence-corrected chi connectivity index (χ2v) is 17.0. The van der Waals surface area contributed by atoms with Crippen molar-refractivity contribution in [2.24, 2.45) is 17.0 Å². The Morgan fingerprint density at radius 3 is 1.55 bits per heavy atom. The standard InChI is InChI=1S/C43H62N10O16/c44-51-50-29-5-3-27(4-6-29)38(60)46-28(7-10-35(56)52-17-13-25(14-18-52)22-32(41(65)66)47-34(55)24-45-30(39(61)62)2-1-21-54)8-11-36(57)53-19-15-26(16-20-53)23-33(42(67)68)49-43(69)48-31(40(63)64)9-12-37(58)59/h3-6,25-26,28,30-33,45,54H,1-2,7-24H2,(H,46,60)(H,47,55)(H,58,59)(H,61,62)(H,63,64)(H,65,66)(H,67,68)(H2,48,49,69)/t28?,30-,31-,32-,33-/m0/s1. The summed E-state index contributed by atoms with van der Waals surface area (Å²) < 4.78 is 0. The molecule has 1 aromatic carbocycles. The van der Waals surface area contributed by atoms with Gasteiger partial charge in [-0.1, -0.05) is 17.2 Å². The van der Waals surface area contributed by atoms with E-state index in [1.54, 1.807) is 9.80 Å². The average Bonchev–Trinajstić information content (AvgIpc) is 3.30. The molecule has 2 aliphatic rings. The van der Waals surface area contributed by atoms with Crippen molar-refractivity contribution in [3.8, 4) is 0 Å². The van der Waals surface area contributed by atoms with Gasteiger partial charge in [0.05, 0.1) is 6.54 Å². The quantitative estimate of drug-likeness (QED) is 0.0303. The first-order valence-electron chi connectivity index (χ1n) is 22.6. The zero-order valence-electron chi connectivity index (χ0n) is 38.0. The second kappa shape index (κ2) is 29.0. The van der Waals surface area contributed by atoms with E-state index in [1.807, 2.05) is 0 Å². The van der Waals surface area contributed by atoms with Crippen LogP contribution in [0.25, 0.3) is 10.4 Å². The van der Waals surface area contributed by atoms with Crippen molar-refractivity contribution >= 4 is 65.2 Å². The van der Waals surface area contributed by atoms with E-state index in [9.17, 15) is 68.4 Å². The summed E-state index contributed by atoms with van der Waals surface area (Å²) in [6.45, 7) is 0.449. The van der Waals surface area contributed by atoms with Gasteiger partial charge in [-0.05, 0) is 100 Å². The summed E-state index contributed by atoms with van der Waals surface area (Å²) in [6.07, 6.45) is 1.31. The van der Waals surface area contributed by atoms with Crippen LogP contribution in [-0.4, -0.2) is 169 Å². The maximum atomic E-state index is 13.5. The molecule has 2 heterocycles. The van der Waals surface area contributed by atoms with Crippen molar-refractivity contribution < 1.29 is 78.6 Å². The molecule has 6 amide bonds. The summed E-state index contributed by atoms with van der Waals surface area (Å²) in [5, 5.41) is 71.7. The largest absolute Gasteiger partial charge is 0.481 e. The number of urea groups is 1.